The lowest BCUT2D eigenvalue weighted by Crippen LogP contribution is -2.14. The highest BCUT2D eigenvalue weighted by Crippen LogP contribution is 2.32. The Bertz CT molecular complexity index is 384. The summed E-state index contributed by atoms with van der Waals surface area (Å²) >= 11 is 1.63. The van der Waals surface area contributed by atoms with Crippen molar-refractivity contribution >= 4 is 22.6 Å². The van der Waals surface area contributed by atoms with Gasteiger partial charge in [0.05, 0.1) is 5.04 Å². The molecule has 0 aromatic carbocycles. The van der Waals surface area contributed by atoms with E-state index in [0.29, 0.717) is 5.92 Å². The third-order valence-corrected chi connectivity index (χ3v) is 4.66. The van der Waals surface area contributed by atoms with Crippen LogP contribution in [0.5, 0.6) is 0 Å². The summed E-state index contributed by atoms with van der Waals surface area (Å²) in [6, 6.07) is 0. The van der Waals surface area contributed by atoms with Crippen molar-refractivity contribution in [2.24, 2.45) is 11.0 Å². The Morgan fingerprint density at radius 3 is 2.89 bits per heavy atom. The van der Waals surface area contributed by atoms with Gasteiger partial charge in [-0.3, -0.25) is 9.80 Å². The summed E-state index contributed by atoms with van der Waals surface area (Å²) < 4.78 is 0. The zero-order valence-corrected chi connectivity index (χ0v) is 12.8. The molecule has 3 nitrogen and oxygen atoms in total. The normalized spacial score (nSPS) is 22.3. The fourth-order valence-corrected chi connectivity index (χ4v) is 3.58. The van der Waals surface area contributed by atoms with Gasteiger partial charge in [-0.2, -0.15) is 5.10 Å². The standard InChI is InChI=1S/C15H24N2OS/c1-3-4-9-17-15(19-12(2)16-17)11-14(18)10-13-7-5-6-8-13/h11,13H,3-10H2,1-2H3/b15-11+. The Balaban J connectivity index is 1.90. The lowest BCUT2D eigenvalue weighted by atomic mass is 10.0. The third-order valence-electron chi connectivity index (χ3n) is 3.74. The van der Waals surface area contributed by atoms with Gasteiger partial charge in [0, 0.05) is 19.0 Å². The minimum Gasteiger partial charge on any atom is -0.295 e. The van der Waals surface area contributed by atoms with Crippen LogP contribution in [0.15, 0.2) is 16.2 Å². The van der Waals surface area contributed by atoms with Crippen molar-refractivity contribution in [2.75, 3.05) is 6.54 Å². The molecule has 0 spiro atoms. The predicted octanol–water partition coefficient (Wildman–Crippen LogP) is 4.16. The van der Waals surface area contributed by atoms with Gasteiger partial charge in [-0.15, -0.1) is 0 Å². The van der Waals surface area contributed by atoms with E-state index in [0.717, 1.165) is 35.9 Å². The lowest BCUT2D eigenvalue weighted by molar-refractivity contribution is -0.115. The largest absolute Gasteiger partial charge is 0.295 e. The second-order valence-corrected chi connectivity index (χ2v) is 6.71. The Morgan fingerprint density at radius 2 is 2.21 bits per heavy atom. The average molecular weight is 280 g/mol. The first kappa shape index (κ1) is 14.6. The summed E-state index contributed by atoms with van der Waals surface area (Å²) in [5, 5.41) is 8.54. The molecule has 1 aliphatic heterocycles. The number of hydrogen-bond donors (Lipinski definition) is 0. The molecular weight excluding hydrogens is 256 g/mol. The zero-order chi connectivity index (χ0) is 13.7. The van der Waals surface area contributed by atoms with Gasteiger partial charge in [-0.25, -0.2) is 0 Å². The molecule has 0 atom stereocenters. The molecule has 0 N–H and O–H groups in total. The third kappa shape index (κ3) is 4.37. The number of allylic oxidation sites excluding steroid dienone is 1. The number of carbonyl (C=O) groups excluding carboxylic acids is 1. The van der Waals surface area contributed by atoms with Crippen molar-refractivity contribution in [3.05, 3.63) is 11.1 Å². The van der Waals surface area contributed by atoms with Crippen LogP contribution < -0.4 is 0 Å². The first-order valence-corrected chi connectivity index (χ1v) is 8.26. The maximum atomic E-state index is 12.1. The number of ketones is 1. The van der Waals surface area contributed by atoms with E-state index in [1.165, 1.54) is 25.7 Å². The molecule has 1 heterocycles. The second kappa shape index (κ2) is 7.13. The Kier molecular flexibility index (Phi) is 5.49. The van der Waals surface area contributed by atoms with E-state index in [4.69, 9.17) is 0 Å². The summed E-state index contributed by atoms with van der Waals surface area (Å²) in [5.74, 6) is 0.905. The second-order valence-electron chi connectivity index (χ2n) is 5.50. The summed E-state index contributed by atoms with van der Waals surface area (Å²) in [5.41, 5.74) is 0. The molecule has 0 aromatic rings. The number of rotatable bonds is 6. The zero-order valence-electron chi connectivity index (χ0n) is 12.0. The van der Waals surface area contributed by atoms with E-state index in [1.807, 2.05) is 18.0 Å². The number of hydrogen-bond acceptors (Lipinski definition) is 4. The highest BCUT2D eigenvalue weighted by atomic mass is 32.2. The minimum atomic E-state index is 0.279. The van der Waals surface area contributed by atoms with E-state index in [9.17, 15) is 4.79 Å². The molecule has 106 valence electrons. The topological polar surface area (TPSA) is 32.7 Å². The molecule has 1 fully saturated rings. The van der Waals surface area contributed by atoms with Crippen molar-refractivity contribution in [3.8, 4) is 0 Å². The molecule has 0 amide bonds. The fraction of sp³-hybridized carbons (Fsp3) is 0.733. The van der Waals surface area contributed by atoms with Crippen LogP contribution in [-0.2, 0) is 4.79 Å². The Morgan fingerprint density at radius 1 is 1.47 bits per heavy atom. The van der Waals surface area contributed by atoms with Gasteiger partial charge >= 0.3 is 0 Å². The summed E-state index contributed by atoms with van der Waals surface area (Å²) in [4.78, 5) is 12.1. The van der Waals surface area contributed by atoms with Crippen LogP contribution >= 0.6 is 11.8 Å². The molecule has 0 bridgehead atoms. The van der Waals surface area contributed by atoms with Crippen molar-refractivity contribution < 1.29 is 4.79 Å². The maximum absolute atomic E-state index is 12.1. The van der Waals surface area contributed by atoms with Gasteiger partial charge < -0.3 is 0 Å². The first-order chi connectivity index (χ1) is 9.19. The fourth-order valence-electron chi connectivity index (χ4n) is 2.71. The first-order valence-electron chi connectivity index (χ1n) is 7.44. The smallest absolute Gasteiger partial charge is 0.158 e. The van der Waals surface area contributed by atoms with E-state index in [-0.39, 0.29) is 5.78 Å². The quantitative estimate of drug-likeness (QED) is 0.685. The summed E-state index contributed by atoms with van der Waals surface area (Å²) in [6.45, 7) is 5.10. The summed E-state index contributed by atoms with van der Waals surface area (Å²) in [6.07, 6.45) is 9.88. The lowest BCUT2D eigenvalue weighted by Gasteiger charge is -2.14. The SMILES string of the molecule is CCCCN1N=C(C)S/C1=C/C(=O)CC1CCCC1. The highest BCUT2D eigenvalue weighted by Gasteiger charge is 2.21. The maximum Gasteiger partial charge on any atom is 0.158 e. The number of carbonyl (C=O) groups is 1. The number of thioether (sulfide) groups is 1. The average Bonchev–Trinajstić information content (AvgIpc) is 2.97. The van der Waals surface area contributed by atoms with Gasteiger partial charge in [-0.05, 0) is 19.3 Å². The van der Waals surface area contributed by atoms with E-state index in [2.05, 4.69) is 12.0 Å². The van der Waals surface area contributed by atoms with Crippen LogP contribution in [0.25, 0.3) is 0 Å². The van der Waals surface area contributed by atoms with Crippen molar-refractivity contribution in [1.29, 1.82) is 0 Å². The van der Waals surface area contributed by atoms with E-state index in [1.54, 1.807) is 11.8 Å². The van der Waals surface area contributed by atoms with Gasteiger partial charge in [0.15, 0.2) is 5.78 Å². The summed E-state index contributed by atoms with van der Waals surface area (Å²) in [7, 11) is 0. The highest BCUT2D eigenvalue weighted by molar-refractivity contribution is 8.17. The van der Waals surface area contributed by atoms with Crippen molar-refractivity contribution in [1.82, 2.24) is 5.01 Å². The molecule has 0 radical (unpaired) electrons. The molecule has 4 heteroatoms. The predicted molar refractivity (Wildman–Crippen MR) is 82.0 cm³/mol. The van der Waals surface area contributed by atoms with E-state index >= 15 is 0 Å². The van der Waals surface area contributed by atoms with Gasteiger partial charge in [0.2, 0.25) is 0 Å². The van der Waals surface area contributed by atoms with Gasteiger partial charge in [0.1, 0.15) is 5.03 Å². The van der Waals surface area contributed by atoms with E-state index < -0.39 is 0 Å². The Labute approximate surface area is 120 Å². The molecular formula is C15H24N2OS. The molecule has 2 aliphatic rings. The number of nitrogens with zero attached hydrogens (tertiary/aromatic N) is 2. The van der Waals surface area contributed by atoms with Crippen LogP contribution in [0.4, 0.5) is 0 Å². The Hall–Kier alpha value is -0.770. The minimum absolute atomic E-state index is 0.279. The molecule has 1 saturated carbocycles. The molecule has 19 heavy (non-hydrogen) atoms. The molecule has 0 saturated heterocycles. The van der Waals surface area contributed by atoms with Crippen LogP contribution in [0, 0.1) is 5.92 Å². The molecule has 1 aliphatic carbocycles. The molecule has 2 rings (SSSR count). The van der Waals surface area contributed by atoms with Gasteiger partial charge in [-0.1, -0.05) is 50.8 Å². The van der Waals surface area contributed by atoms with Crippen LogP contribution in [0.1, 0.15) is 58.8 Å². The van der Waals surface area contributed by atoms with Crippen molar-refractivity contribution in [2.45, 2.75) is 58.8 Å². The van der Waals surface area contributed by atoms with Gasteiger partial charge in [0.25, 0.3) is 0 Å². The number of hydrazone groups is 1. The van der Waals surface area contributed by atoms with Crippen LogP contribution in [0.3, 0.4) is 0 Å². The molecule has 0 aromatic heterocycles. The monoisotopic (exact) mass is 280 g/mol. The molecule has 0 unspecified atom stereocenters. The van der Waals surface area contributed by atoms with Crippen molar-refractivity contribution in [3.63, 3.8) is 0 Å². The van der Waals surface area contributed by atoms with Crippen LogP contribution in [-0.4, -0.2) is 22.4 Å². The number of unbranched alkanes of at least 4 members (excludes halogenated alkanes) is 1. The van der Waals surface area contributed by atoms with Crippen LogP contribution in [0.2, 0.25) is 0 Å².